The van der Waals surface area contributed by atoms with Gasteiger partial charge in [-0.25, -0.2) is 8.42 Å². The molecule has 1 aromatic heterocycles. The van der Waals surface area contributed by atoms with E-state index < -0.39 is 10.0 Å². The lowest BCUT2D eigenvalue weighted by Gasteiger charge is -2.26. The molecule has 31 heavy (non-hydrogen) atoms. The number of hydrogen-bond donors (Lipinski definition) is 0. The van der Waals surface area contributed by atoms with E-state index in [-0.39, 0.29) is 21.7 Å². The Bertz CT molecular complexity index is 1190. The number of nitrogens with zero attached hydrogens (tertiary/aromatic N) is 3. The quantitative estimate of drug-likeness (QED) is 0.539. The van der Waals surface area contributed by atoms with Gasteiger partial charge in [0.05, 0.1) is 19.2 Å². The van der Waals surface area contributed by atoms with E-state index in [9.17, 15) is 8.42 Å². The topological polar surface area (TPSA) is 94.8 Å². The Labute approximate surface area is 185 Å². The molecule has 0 saturated carbocycles. The van der Waals surface area contributed by atoms with Crippen molar-refractivity contribution in [3.8, 4) is 34.4 Å². The lowest BCUT2D eigenvalue weighted by atomic mass is 10.2. The maximum absolute atomic E-state index is 13.1. The summed E-state index contributed by atoms with van der Waals surface area (Å²) in [4.78, 5) is 0.0411. The molecule has 2 aromatic carbocycles. The summed E-state index contributed by atoms with van der Waals surface area (Å²) in [6.45, 7) is 0.986. The average Bonchev–Trinajstić information content (AvgIpc) is 3.29. The van der Waals surface area contributed by atoms with Crippen LogP contribution in [-0.2, 0) is 10.0 Å². The Kier molecular flexibility index (Phi) is 6.17. The van der Waals surface area contributed by atoms with Gasteiger partial charge in [-0.3, -0.25) is 0 Å². The molecule has 0 bridgehead atoms. The summed E-state index contributed by atoms with van der Waals surface area (Å²) in [6, 6.07) is 9.91. The Morgan fingerprint density at radius 1 is 0.903 bits per heavy atom. The fraction of sp³-hybridized carbons (Fsp3) is 0.333. The monoisotopic (exact) mass is 463 g/mol. The molecule has 0 unspecified atom stereocenters. The Morgan fingerprint density at radius 3 is 2.16 bits per heavy atom. The van der Waals surface area contributed by atoms with E-state index in [1.54, 1.807) is 38.5 Å². The van der Waals surface area contributed by atoms with Gasteiger partial charge in [0.1, 0.15) is 4.90 Å². The molecule has 164 valence electrons. The van der Waals surface area contributed by atoms with Gasteiger partial charge in [-0.05, 0) is 49.2 Å². The zero-order valence-electron chi connectivity index (χ0n) is 17.2. The maximum atomic E-state index is 13.1. The van der Waals surface area contributed by atoms with Crippen LogP contribution < -0.4 is 9.47 Å². The van der Waals surface area contributed by atoms with Gasteiger partial charge < -0.3 is 13.9 Å². The third kappa shape index (κ3) is 4.26. The van der Waals surface area contributed by atoms with E-state index in [0.717, 1.165) is 19.3 Å². The summed E-state index contributed by atoms with van der Waals surface area (Å²) in [6.07, 6.45) is 2.71. The summed E-state index contributed by atoms with van der Waals surface area (Å²) >= 11 is 6.25. The zero-order valence-corrected chi connectivity index (χ0v) is 18.7. The van der Waals surface area contributed by atoms with Gasteiger partial charge in [0.25, 0.3) is 0 Å². The molecule has 10 heteroatoms. The van der Waals surface area contributed by atoms with Crippen LogP contribution in [0, 0.1) is 0 Å². The molecule has 1 aliphatic rings. The van der Waals surface area contributed by atoms with Crippen LogP contribution in [0.25, 0.3) is 22.9 Å². The number of methoxy groups -OCH3 is 2. The molecule has 0 amide bonds. The molecule has 8 nitrogen and oxygen atoms in total. The Balaban J connectivity index is 1.68. The Morgan fingerprint density at radius 2 is 1.52 bits per heavy atom. The highest BCUT2D eigenvalue weighted by molar-refractivity contribution is 7.89. The lowest BCUT2D eigenvalue weighted by Crippen LogP contribution is -2.35. The second-order valence-corrected chi connectivity index (χ2v) is 9.41. The average molecular weight is 464 g/mol. The van der Waals surface area contributed by atoms with E-state index in [2.05, 4.69) is 10.2 Å². The van der Waals surface area contributed by atoms with Crippen LogP contribution in [-0.4, -0.2) is 50.2 Å². The third-order valence-electron chi connectivity index (χ3n) is 5.17. The van der Waals surface area contributed by atoms with Gasteiger partial charge in [0.15, 0.2) is 11.5 Å². The molecule has 0 radical (unpaired) electrons. The van der Waals surface area contributed by atoms with Gasteiger partial charge in [-0.1, -0.05) is 18.0 Å². The molecule has 0 spiro atoms. The van der Waals surface area contributed by atoms with Crippen molar-refractivity contribution in [1.29, 1.82) is 0 Å². The predicted octanol–water partition coefficient (Wildman–Crippen LogP) is 4.25. The van der Waals surface area contributed by atoms with Gasteiger partial charge in [-0.2, -0.15) is 4.31 Å². The number of hydrogen-bond acceptors (Lipinski definition) is 7. The van der Waals surface area contributed by atoms with E-state index in [4.69, 9.17) is 25.5 Å². The lowest BCUT2D eigenvalue weighted by molar-refractivity contribution is 0.346. The maximum Gasteiger partial charge on any atom is 0.248 e. The predicted molar refractivity (Wildman–Crippen MR) is 116 cm³/mol. The van der Waals surface area contributed by atoms with E-state index in [0.29, 0.717) is 35.7 Å². The van der Waals surface area contributed by atoms with Crippen LogP contribution in [0.5, 0.6) is 11.5 Å². The molecule has 0 atom stereocenters. The molecule has 0 N–H and O–H groups in total. The zero-order chi connectivity index (χ0) is 22.0. The number of benzene rings is 2. The number of sulfonamides is 1. The number of halogens is 1. The molecule has 2 heterocycles. The highest BCUT2D eigenvalue weighted by Gasteiger charge is 2.29. The highest BCUT2D eigenvalue weighted by atomic mass is 35.5. The standard InChI is InChI=1S/C21H22ClN3O5S/c1-28-17-9-7-14(12-18(17)29-2)20-23-24-21(30-20)15-6-8-16(22)19(13-15)31(26,27)25-10-4-3-5-11-25/h6-9,12-13H,3-5,10-11H2,1-2H3. The number of rotatable bonds is 6. The molecular weight excluding hydrogens is 442 g/mol. The second kappa shape index (κ2) is 8.86. The smallest absolute Gasteiger partial charge is 0.248 e. The SMILES string of the molecule is COc1ccc(-c2nnc(-c3ccc(Cl)c(S(=O)(=O)N4CCCCC4)c3)o2)cc1OC. The minimum absolute atomic E-state index is 0.0411. The molecule has 0 aliphatic carbocycles. The van der Waals surface area contributed by atoms with E-state index in [1.807, 2.05) is 0 Å². The van der Waals surface area contributed by atoms with Crippen molar-refractivity contribution in [2.45, 2.75) is 24.2 Å². The van der Waals surface area contributed by atoms with Crippen molar-refractivity contribution in [1.82, 2.24) is 14.5 Å². The highest BCUT2D eigenvalue weighted by Crippen LogP contribution is 2.34. The van der Waals surface area contributed by atoms with E-state index in [1.165, 1.54) is 16.4 Å². The van der Waals surface area contributed by atoms with Crippen LogP contribution in [0.1, 0.15) is 19.3 Å². The number of ether oxygens (including phenoxy) is 2. The summed E-state index contributed by atoms with van der Waals surface area (Å²) in [5, 5.41) is 8.34. The Hall–Kier alpha value is -2.62. The minimum atomic E-state index is -3.70. The van der Waals surface area contributed by atoms with Crippen LogP contribution in [0.3, 0.4) is 0 Å². The number of piperidine rings is 1. The molecule has 1 saturated heterocycles. The van der Waals surface area contributed by atoms with Crippen LogP contribution in [0.15, 0.2) is 45.7 Å². The number of aromatic nitrogens is 2. The van der Waals surface area contributed by atoms with Crippen molar-refractivity contribution in [2.24, 2.45) is 0 Å². The normalized spacial score (nSPS) is 15.1. The fourth-order valence-corrected chi connectivity index (χ4v) is 5.52. The van der Waals surface area contributed by atoms with Crippen molar-refractivity contribution >= 4 is 21.6 Å². The first-order valence-corrected chi connectivity index (χ1v) is 11.6. The largest absolute Gasteiger partial charge is 0.493 e. The van der Waals surface area contributed by atoms with Crippen molar-refractivity contribution in [3.63, 3.8) is 0 Å². The van der Waals surface area contributed by atoms with Crippen LogP contribution in [0.2, 0.25) is 5.02 Å². The summed E-state index contributed by atoms with van der Waals surface area (Å²) in [5.74, 6) is 1.57. The molecule has 4 rings (SSSR count). The molecule has 1 aliphatic heterocycles. The first kappa shape index (κ1) is 21.6. The first-order chi connectivity index (χ1) is 14.9. The molecular formula is C21H22ClN3O5S. The van der Waals surface area contributed by atoms with Gasteiger partial charge in [-0.15, -0.1) is 10.2 Å². The van der Waals surface area contributed by atoms with Crippen molar-refractivity contribution in [2.75, 3.05) is 27.3 Å². The van der Waals surface area contributed by atoms with Crippen molar-refractivity contribution < 1.29 is 22.3 Å². The fourth-order valence-electron chi connectivity index (χ4n) is 3.50. The van der Waals surface area contributed by atoms with Crippen LogP contribution in [0.4, 0.5) is 0 Å². The van der Waals surface area contributed by atoms with E-state index >= 15 is 0 Å². The minimum Gasteiger partial charge on any atom is -0.493 e. The van der Waals surface area contributed by atoms with Crippen LogP contribution >= 0.6 is 11.6 Å². The van der Waals surface area contributed by atoms with Gasteiger partial charge >= 0.3 is 0 Å². The molecule has 1 fully saturated rings. The van der Waals surface area contributed by atoms with Gasteiger partial charge in [0, 0.05) is 24.2 Å². The van der Waals surface area contributed by atoms with Crippen molar-refractivity contribution in [3.05, 3.63) is 41.4 Å². The second-order valence-electron chi connectivity index (χ2n) is 7.09. The first-order valence-electron chi connectivity index (χ1n) is 9.80. The summed E-state index contributed by atoms with van der Waals surface area (Å²) < 4.78 is 44.0. The van der Waals surface area contributed by atoms with Gasteiger partial charge in [0.2, 0.25) is 21.8 Å². The summed E-state index contributed by atoms with van der Waals surface area (Å²) in [7, 11) is -0.610. The molecule has 3 aromatic rings. The summed E-state index contributed by atoms with van der Waals surface area (Å²) in [5.41, 5.74) is 1.12. The third-order valence-corrected chi connectivity index (χ3v) is 7.55.